The Balaban J connectivity index is 2.25. The monoisotopic (exact) mass is 283 g/mol. The lowest BCUT2D eigenvalue weighted by molar-refractivity contribution is -0.0636. The molecule has 2 atom stereocenters. The minimum atomic E-state index is -0.722. The van der Waals surface area contributed by atoms with Crippen LogP contribution < -0.4 is 5.73 Å². The third-order valence-electron chi connectivity index (χ3n) is 3.99. The summed E-state index contributed by atoms with van der Waals surface area (Å²) in [6.45, 7) is 4.21. The molecule has 0 amide bonds. The molecule has 1 fully saturated rings. The van der Waals surface area contributed by atoms with Gasteiger partial charge in [0.15, 0.2) is 0 Å². The fourth-order valence-electron chi connectivity index (χ4n) is 2.77. The number of hydrogen-bond donors (Lipinski definition) is 2. The van der Waals surface area contributed by atoms with Gasteiger partial charge < -0.3 is 20.1 Å². The molecule has 0 saturated heterocycles. The Morgan fingerprint density at radius 2 is 2.00 bits per heavy atom. The summed E-state index contributed by atoms with van der Waals surface area (Å²) in [5, 5.41) is 13.6. The van der Waals surface area contributed by atoms with Crippen LogP contribution in [0.4, 0.5) is 0 Å². The lowest BCUT2D eigenvalue weighted by atomic mass is 9.93. The van der Waals surface area contributed by atoms with Crippen LogP contribution in [0, 0.1) is 0 Å². The summed E-state index contributed by atoms with van der Waals surface area (Å²) in [7, 11) is 0. The number of nitrogens with zero attached hydrogens (tertiary/aromatic N) is 2. The Hall–Kier alpha value is -0.980. The van der Waals surface area contributed by atoms with Crippen molar-refractivity contribution in [3.05, 3.63) is 11.7 Å². The number of aliphatic hydroxyl groups excluding tert-OH is 1. The Labute approximate surface area is 119 Å². The zero-order valence-electron chi connectivity index (χ0n) is 12.3. The molecule has 1 aromatic heterocycles. The molecular formula is C14H25N3O3. The molecule has 0 unspecified atom stereocenters. The first-order chi connectivity index (χ1) is 9.59. The molecule has 1 heterocycles. The Morgan fingerprint density at radius 3 is 2.55 bits per heavy atom. The molecule has 0 aromatic carbocycles. The predicted octanol–water partition coefficient (Wildman–Crippen LogP) is 2.04. The second-order valence-electron chi connectivity index (χ2n) is 5.56. The maximum absolute atomic E-state index is 9.52. The van der Waals surface area contributed by atoms with Crippen molar-refractivity contribution in [1.82, 2.24) is 10.1 Å². The van der Waals surface area contributed by atoms with Gasteiger partial charge in [0, 0.05) is 6.61 Å². The standard InChI is InChI=1S/C14H25N3O3/c1-3-19-14(8-6-4-5-7-9-14)13-16-12(20-17-13)11(15)10(2)18/h10-11,18H,3-9,15H2,1-2H3/t10-,11+/m1/s1. The molecule has 2 rings (SSSR count). The number of rotatable bonds is 5. The molecule has 20 heavy (non-hydrogen) atoms. The minimum absolute atomic E-state index is 0.276. The van der Waals surface area contributed by atoms with Crippen LogP contribution in [-0.4, -0.2) is 28.0 Å². The van der Waals surface area contributed by atoms with Crippen LogP contribution in [-0.2, 0) is 10.3 Å². The summed E-state index contributed by atoms with van der Waals surface area (Å²) >= 11 is 0. The normalized spacial score (nSPS) is 22.2. The van der Waals surface area contributed by atoms with Crippen molar-refractivity contribution in [3.63, 3.8) is 0 Å². The maximum atomic E-state index is 9.52. The first kappa shape index (κ1) is 15.4. The van der Waals surface area contributed by atoms with Crippen molar-refractivity contribution in [2.75, 3.05) is 6.61 Å². The largest absolute Gasteiger partial charge is 0.391 e. The van der Waals surface area contributed by atoms with E-state index in [0.717, 1.165) is 25.7 Å². The second kappa shape index (κ2) is 6.65. The fourth-order valence-corrected chi connectivity index (χ4v) is 2.77. The molecule has 6 nitrogen and oxygen atoms in total. The number of nitrogens with two attached hydrogens (primary N) is 1. The summed E-state index contributed by atoms with van der Waals surface area (Å²) in [4.78, 5) is 4.40. The Kier molecular flexibility index (Phi) is 5.12. The zero-order chi connectivity index (χ0) is 14.6. The van der Waals surface area contributed by atoms with E-state index in [9.17, 15) is 5.11 Å². The van der Waals surface area contributed by atoms with Gasteiger partial charge in [-0.15, -0.1) is 0 Å². The third kappa shape index (κ3) is 3.19. The molecule has 0 radical (unpaired) electrons. The molecule has 1 aromatic rings. The lowest BCUT2D eigenvalue weighted by Gasteiger charge is -2.29. The van der Waals surface area contributed by atoms with Crippen molar-refractivity contribution < 1.29 is 14.4 Å². The van der Waals surface area contributed by atoms with Crippen molar-refractivity contribution in [2.24, 2.45) is 5.73 Å². The lowest BCUT2D eigenvalue weighted by Crippen LogP contribution is -2.31. The number of hydrogen-bond acceptors (Lipinski definition) is 6. The van der Waals surface area contributed by atoms with Gasteiger partial charge in [0.1, 0.15) is 11.6 Å². The topological polar surface area (TPSA) is 94.4 Å². The van der Waals surface area contributed by atoms with Gasteiger partial charge in [-0.3, -0.25) is 0 Å². The highest BCUT2D eigenvalue weighted by Gasteiger charge is 2.38. The zero-order valence-corrected chi connectivity index (χ0v) is 12.3. The summed E-state index contributed by atoms with van der Waals surface area (Å²) < 4.78 is 11.2. The summed E-state index contributed by atoms with van der Waals surface area (Å²) in [6.07, 6.45) is 5.73. The summed E-state index contributed by atoms with van der Waals surface area (Å²) in [5.74, 6) is 0.852. The predicted molar refractivity (Wildman–Crippen MR) is 73.9 cm³/mol. The first-order valence-electron chi connectivity index (χ1n) is 7.51. The maximum Gasteiger partial charge on any atom is 0.246 e. The van der Waals surface area contributed by atoms with E-state index >= 15 is 0 Å². The average molecular weight is 283 g/mol. The third-order valence-corrected chi connectivity index (χ3v) is 3.99. The first-order valence-corrected chi connectivity index (χ1v) is 7.51. The number of ether oxygens (including phenoxy) is 1. The van der Waals surface area contributed by atoms with Gasteiger partial charge in [0.2, 0.25) is 11.7 Å². The van der Waals surface area contributed by atoms with Crippen molar-refractivity contribution >= 4 is 0 Å². The van der Waals surface area contributed by atoms with Crippen molar-refractivity contribution in [1.29, 1.82) is 0 Å². The van der Waals surface area contributed by atoms with Crippen LogP contribution in [0.25, 0.3) is 0 Å². The molecule has 0 spiro atoms. The van der Waals surface area contributed by atoms with E-state index in [1.807, 2.05) is 6.92 Å². The van der Waals surface area contributed by atoms with Gasteiger partial charge in [-0.1, -0.05) is 30.8 Å². The average Bonchev–Trinajstić information content (AvgIpc) is 2.80. The highest BCUT2D eigenvalue weighted by Crippen LogP contribution is 2.38. The Morgan fingerprint density at radius 1 is 1.35 bits per heavy atom. The molecule has 1 aliphatic rings. The molecule has 6 heteroatoms. The van der Waals surface area contributed by atoms with E-state index in [1.165, 1.54) is 12.8 Å². The summed E-state index contributed by atoms with van der Waals surface area (Å²) in [6, 6.07) is -0.652. The van der Waals surface area contributed by atoms with Crippen LogP contribution in [0.15, 0.2) is 4.52 Å². The molecule has 1 saturated carbocycles. The second-order valence-corrected chi connectivity index (χ2v) is 5.56. The smallest absolute Gasteiger partial charge is 0.246 e. The molecule has 114 valence electrons. The number of aliphatic hydroxyl groups is 1. The van der Waals surface area contributed by atoms with E-state index in [4.69, 9.17) is 15.0 Å². The quantitative estimate of drug-likeness (QED) is 0.803. The molecule has 1 aliphatic carbocycles. The number of aromatic nitrogens is 2. The fraction of sp³-hybridized carbons (Fsp3) is 0.857. The highest BCUT2D eigenvalue weighted by atomic mass is 16.5. The SMILES string of the molecule is CCOC1(c2noc([C@@H](N)[C@@H](C)O)n2)CCCCCC1. The van der Waals surface area contributed by atoms with E-state index in [-0.39, 0.29) is 5.89 Å². The van der Waals surface area contributed by atoms with E-state index in [0.29, 0.717) is 12.4 Å². The van der Waals surface area contributed by atoms with Crippen molar-refractivity contribution in [2.45, 2.75) is 70.1 Å². The van der Waals surface area contributed by atoms with Gasteiger partial charge in [0.25, 0.3) is 0 Å². The van der Waals surface area contributed by atoms with Gasteiger partial charge >= 0.3 is 0 Å². The van der Waals surface area contributed by atoms with Gasteiger partial charge in [0.05, 0.1) is 6.10 Å². The van der Waals surface area contributed by atoms with Crippen LogP contribution >= 0.6 is 0 Å². The van der Waals surface area contributed by atoms with Crippen LogP contribution in [0.2, 0.25) is 0 Å². The van der Waals surface area contributed by atoms with Crippen molar-refractivity contribution in [3.8, 4) is 0 Å². The highest BCUT2D eigenvalue weighted by molar-refractivity contribution is 5.05. The van der Waals surface area contributed by atoms with E-state index in [2.05, 4.69) is 10.1 Å². The molecule has 0 aliphatic heterocycles. The van der Waals surface area contributed by atoms with Crippen LogP contribution in [0.5, 0.6) is 0 Å². The molecule has 3 N–H and O–H groups in total. The summed E-state index contributed by atoms with van der Waals surface area (Å²) in [5.41, 5.74) is 5.39. The van der Waals surface area contributed by atoms with Gasteiger partial charge in [-0.2, -0.15) is 4.98 Å². The Bertz CT molecular complexity index is 412. The van der Waals surface area contributed by atoms with Gasteiger partial charge in [-0.05, 0) is 26.7 Å². The van der Waals surface area contributed by atoms with E-state index in [1.54, 1.807) is 6.92 Å². The van der Waals surface area contributed by atoms with Crippen LogP contribution in [0.3, 0.4) is 0 Å². The van der Waals surface area contributed by atoms with Gasteiger partial charge in [-0.25, -0.2) is 0 Å². The van der Waals surface area contributed by atoms with E-state index < -0.39 is 17.7 Å². The van der Waals surface area contributed by atoms with Crippen LogP contribution in [0.1, 0.15) is 70.1 Å². The minimum Gasteiger partial charge on any atom is -0.391 e. The molecular weight excluding hydrogens is 258 g/mol. The molecule has 0 bridgehead atoms.